The van der Waals surface area contributed by atoms with Gasteiger partial charge in [0.2, 0.25) is 21.8 Å². The summed E-state index contributed by atoms with van der Waals surface area (Å²) in [7, 11) is -3.41. The van der Waals surface area contributed by atoms with E-state index in [4.69, 9.17) is 0 Å². The predicted octanol–water partition coefficient (Wildman–Crippen LogP) is 1.37. The molecular formula is C22H25N3O4S. The van der Waals surface area contributed by atoms with Gasteiger partial charge in [-0.3, -0.25) is 9.59 Å². The van der Waals surface area contributed by atoms with Crippen LogP contribution in [0.5, 0.6) is 0 Å². The highest BCUT2D eigenvalue weighted by Gasteiger charge is 2.45. The van der Waals surface area contributed by atoms with Gasteiger partial charge in [-0.25, -0.2) is 8.42 Å². The highest BCUT2D eigenvalue weighted by Crippen LogP contribution is 2.27. The number of nitrogens with zero attached hydrogens (tertiary/aromatic N) is 2. The van der Waals surface area contributed by atoms with Crippen LogP contribution in [0.25, 0.3) is 0 Å². The molecule has 1 unspecified atom stereocenters. The molecule has 4 rings (SSSR count). The van der Waals surface area contributed by atoms with Gasteiger partial charge < -0.3 is 10.2 Å². The Morgan fingerprint density at radius 1 is 0.933 bits per heavy atom. The zero-order valence-corrected chi connectivity index (χ0v) is 17.4. The smallest absolute Gasteiger partial charge is 0.225 e. The van der Waals surface area contributed by atoms with Crippen LogP contribution in [0.2, 0.25) is 0 Å². The van der Waals surface area contributed by atoms with Crippen LogP contribution in [0, 0.1) is 5.92 Å². The van der Waals surface area contributed by atoms with E-state index in [1.165, 1.54) is 4.31 Å². The van der Waals surface area contributed by atoms with Crippen molar-refractivity contribution in [2.24, 2.45) is 5.92 Å². The first kappa shape index (κ1) is 20.6. The van der Waals surface area contributed by atoms with Crippen molar-refractivity contribution in [3.63, 3.8) is 0 Å². The minimum absolute atomic E-state index is 0.0426. The molecular weight excluding hydrogens is 402 g/mol. The molecule has 2 saturated heterocycles. The van der Waals surface area contributed by atoms with Gasteiger partial charge >= 0.3 is 0 Å². The molecule has 2 aliphatic rings. The van der Waals surface area contributed by atoms with Gasteiger partial charge in [-0.15, -0.1) is 0 Å². The quantitative estimate of drug-likeness (QED) is 0.723. The van der Waals surface area contributed by atoms with Crippen LogP contribution in [0.4, 0.5) is 0 Å². The molecule has 8 heteroatoms. The number of carbonyl (C=O) groups excluding carboxylic acids is 2. The number of nitrogens with one attached hydrogen (secondary N) is 1. The summed E-state index contributed by atoms with van der Waals surface area (Å²) < 4.78 is 26.6. The second-order valence-electron chi connectivity index (χ2n) is 7.86. The normalized spacial score (nSPS) is 20.2. The van der Waals surface area contributed by atoms with E-state index in [1.807, 2.05) is 48.5 Å². The van der Waals surface area contributed by atoms with Crippen molar-refractivity contribution in [3.05, 3.63) is 71.8 Å². The Balaban J connectivity index is 1.28. The standard InChI is InChI=1S/C22H25N3O4S/c26-21-11-19(22(27)23-12-17-7-3-1-4-8-17)13-25(21)20-14-24(15-20)30(28,29)16-18-9-5-2-6-10-18/h1-10,19-20H,11-16H2,(H,23,27). The number of sulfonamides is 1. The van der Waals surface area contributed by atoms with E-state index >= 15 is 0 Å². The van der Waals surface area contributed by atoms with Gasteiger partial charge in [-0.05, 0) is 11.1 Å². The highest BCUT2D eigenvalue weighted by molar-refractivity contribution is 7.88. The van der Waals surface area contributed by atoms with Crippen molar-refractivity contribution in [2.45, 2.75) is 24.8 Å². The van der Waals surface area contributed by atoms with Crippen LogP contribution in [0.3, 0.4) is 0 Å². The molecule has 0 radical (unpaired) electrons. The van der Waals surface area contributed by atoms with E-state index in [9.17, 15) is 18.0 Å². The van der Waals surface area contributed by atoms with Gasteiger partial charge in [0.25, 0.3) is 0 Å². The van der Waals surface area contributed by atoms with E-state index in [-0.39, 0.29) is 30.0 Å². The third-order valence-electron chi connectivity index (χ3n) is 5.69. The SMILES string of the molecule is O=C(NCc1ccccc1)C1CC(=O)N(C2CN(S(=O)(=O)Cc3ccccc3)C2)C1. The van der Waals surface area contributed by atoms with Gasteiger partial charge in [0, 0.05) is 32.6 Å². The Bertz CT molecular complexity index is 1010. The first-order valence-electron chi connectivity index (χ1n) is 10.1. The average molecular weight is 428 g/mol. The van der Waals surface area contributed by atoms with Crippen molar-refractivity contribution >= 4 is 21.8 Å². The lowest BCUT2D eigenvalue weighted by Gasteiger charge is -2.43. The summed E-state index contributed by atoms with van der Waals surface area (Å²) in [5, 5.41) is 2.89. The molecule has 2 amide bonds. The summed E-state index contributed by atoms with van der Waals surface area (Å²) in [6.07, 6.45) is 0.174. The zero-order chi connectivity index (χ0) is 21.1. The molecule has 1 atom stereocenters. The lowest BCUT2D eigenvalue weighted by atomic mass is 10.1. The topological polar surface area (TPSA) is 86.8 Å². The Labute approximate surface area is 176 Å². The van der Waals surface area contributed by atoms with Crippen molar-refractivity contribution in [1.29, 1.82) is 0 Å². The number of benzene rings is 2. The van der Waals surface area contributed by atoms with Gasteiger partial charge in [-0.2, -0.15) is 4.31 Å². The van der Waals surface area contributed by atoms with Gasteiger partial charge in [-0.1, -0.05) is 60.7 Å². The number of rotatable bonds is 7. The van der Waals surface area contributed by atoms with E-state index in [1.54, 1.807) is 17.0 Å². The van der Waals surface area contributed by atoms with Crippen LogP contribution in [0.1, 0.15) is 17.5 Å². The second kappa shape index (κ2) is 8.57. The number of amides is 2. The minimum atomic E-state index is -3.41. The summed E-state index contributed by atoms with van der Waals surface area (Å²) >= 11 is 0. The molecule has 7 nitrogen and oxygen atoms in total. The maximum atomic E-state index is 12.6. The molecule has 0 bridgehead atoms. The van der Waals surface area contributed by atoms with E-state index in [2.05, 4.69) is 5.32 Å². The molecule has 2 aliphatic heterocycles. The van der Waals surface area contributed by atoms with Gasteiger partial charge in [0.05, 0.1) is 17.7 Å². The van der Waals surface area contributed by atoms with E-state index < -0.39 is 15.9 Å². The summed E-state index contributed by atoms with van der Waals surface area (Å²) in [4.78, 5) is 26.6. The van der Waals surface area contributed by atoms with E-state index in [0.717, 1.165) is 11.1 Å². The van der Waals surface area contributed by atoms with Crippen LogP contribution in [-0.4, -0.2) is 55.1 Å². The molecule has 0 aromatic heterocycles. The molecule has 2 aromatic carbocycles. The highest BCUT2D eigenvalue weighted by atomic mass is 32.2. The molecule has 2 aromatic rings. The first-order valence-corrected chi connectivity index (χ1v) is 11.7. The minimum Gasteiger partial charge on any atom is -0.352 e. The Kier molecular flexibility index (Phi) is 5.87. The molecule has 158 valence electrons. The lowest BCUT2D eigenvalue weighted by Crippen LogP contribution is -2.61. The first-order chi connectivity index (χ1) is 14.4. The Morgan fingerprint density at radius 2 is 1.53 bits per heavy atom. The fraction of sp³-hybridized carbons (Fsp3) is 0.364. The van der Waals surface area contributed by atoms with E-state index in [0.29, 0.717) is 26.2 Å². The number of likely N-dealkylation sites (tertiary alicyclic amines) is 1. The fourth-order valence-electron chi connectivity index (χ4n) is 3.91. The lowest BCUT2D eigenvalue weighted by molar-refractivity contribution is -0.132. The average Bonchev–Trinajstić information content (AvgIpc) is 3.07. The molecule has 2 heterocycles. The summed E-state index contributed by atoms with van der Waals surface area (Å²) in [6.45, 7) is 1.36. The molecule has 0 spiro atoms. The number of carbonyl (C=O) groups is 2. The third kappa shape index (κ3) is 4.55. The largest absolute Gasteiger partial charge is 0.352 e. The maximum Gasteiger partial charge on any atom is 0.225 e. The van der Waals surface area contributed by atoms with Gasteiger partial charge in [0.15, 0.2) is 0 Å². The van der Waals surface area contributed by atoms with Crippen LogP contribution < -0.4 is 5.32 Å². The van der Waals surface area contributed by atoms with Crippen molar-refractivity contribution < 1.29 is 18.0 Å². The summed E-state index contributed by atoms with van der Waals surface area (Å²) in [5.41, 5.74) is 1.75. The summed E-state index contributed by atoms with van der Waals surface area (Å²) in [5.74, 6) is -0.655. The van der Waals surface area contributed by atoms with Crippen LogP contribution in [-0.2, 0) is 31.9 Å². The third-order valence-corrected chi connectivity index (χ3v) is 7.48. The molecule has 0 saturated carbocycles. The molecule has 2 fully saturated rings. The van der Waals surface area contributed by atoms with Gasteiger partial charge in [0.1, 0.15) is 0 Å². The summed E-state index contributed by atoms with van der Waals surface area (Å²) in [6, 6.07) is 18.5. The monoisotopic (exact) mass is 427 g/mol. The van der Waals surface area contributed by atoms with Crippen LogP contribution >= 0.6 is 0 Å². The number of hydrogen-bond donors (Lipinski definition) is 1. The second-order valence-corrected chi connectivity index (χ2v) is 9.83. The van der Waals surface area contributed by atoms with Crippen molar-refractivity contribution in [3.8, 4) is 0 Å². The predicted molar refractivity (Wildman–Crippen MR) is 113 cm³/mol. The Hall–Kier alpha value is -2.71. The maximum absolute atomic E-state index is 12.6. The van der Waals surface area contributed by atoms with Crippen molar-refractivity contribution in [1.82, 2.24) is 14.5 Å². The molecule has 0 aliphatic carbocycles. The molecule has 1 N–H and O–H groups in total. The zero-order valence-electron chi connectivity index (χ0n) is 16.6. The van der Waals surface area contributed by atoms with Crippen molar-refractivity contribution in [2.75, 3.05) is 19.6 Å². The Morgan fingerprint density at radius 3 is 2.17 bits per heavy atom. The number of hydrogen-bond acceptors (Lipinski definition) is 4. The molecule has 30 heavy (non-hydrogen) atoms. The van der Waals surface area contributed by atoms with Crippen LogP contribution in [0.15, 0.2) is 60.7 Å². The fourth-order valence-corrected chi connectivity index (χ4v) is 5.50.